The lowest BCUT2D eigenvalue weighted by atomic mass is 10.1. The third-order valence-corrected chi connectivity index (χ3v) is 4.63. The van der Waals surface area contributed by atoms with Crippen LogP contribution in [0.3, 0.4) is 0 Å². The van der Waals surface area contributed by atoms with Gasteiger partial charge in [-0.15, -0.1) is 0 Å². The highest BCUT2D eigenvalue weighted by molar-refractivity contribution is 9.10. The minimum absolute atomic E-state index is 0.116. The number of hydrogen-bond acceptors (Lipinski definition) is 3. The van der Waals surface area contributed by atoms with Gasteiger partial charge in [0.1, 0.15) is 9.84 Å². The van der Waals surface area contributed by atoms with Gasteiger partial charge in [0.25, 0.3) is 0 Å². The van der Waals surface area contributed by atoms with Crippen molar-refractivity contribution in [3.63, 3.8) is 0 Å². The van der Waals surface area contributed by atoms with Gasteiger partial charge >= 0.3 is 0 Å². The molecule has 0 aliphatic heterocycles. The molecule has 18 heavy (non-hydrogen) atoms. The van der Waals surface area contributed by atoms with Gasteiger partial charge in [-0.3, -0.25) is 0 Å². The predicted octanol–water partition coefficient (Wildman–Crippen LogP) is 2.78. The number of benzene rings is 1. The molecule has 0 amide bonds. The largest absolute Gasteiger partial charge is 0.310 e. The van der Waals surface area contributed by atoms with Gasteiger partial charge in [-0.2, -0.15) is 0 Å². The Hall–Kier alpha value is -0.390. The van der Waals surface area contributed by atoms with Crippen molar-refractivity contribution < 1.29 is 8.42 Å². The summed E-state index contributed by atoms with van der Waals surface area (Å²) in [5.74, 6) is 0.341. The SMILES string of the molecule is C[C@H](CN[C@@H](C)c1ccccc1Br)CS(C)(=O)=O. The molecule has 5 heteroatoms. The van der Waals surface area contributed by atoms with Crippen LogP contribution in [-0.4, -0.2) is 27.0 Å². The van der Waals surface area contributed by atoms with Crippen LogP contribution >= 0.6 is 15.9 Å². The predicted molar refractivity (Wildman–Crippen MR) is 79.4 cm³/mol. The first-order chi connectivity index (χ1) is 8.29. The molecule has 0 radical (unpaired) electrons. The summed E-state index contributed by atoms with van der Waals surface area (Å²) >= 11 is 3.52. The van der Waals surface area contributed by atoms with E-state index in [2.05, 4.69) is 34.2 Å². The molecule has 102 valence electrons. The quantitative estimate of drug-likeness (QED) is 0.870. The molecular weight excluding hydrogens is 314 g/mol. The van der Waals surface area contributed by atoms with Crippen LogP contribution in [-0.2, 0) is 9.84 Å². The van der Waals surface area contributed by atoms with E-state index < -0.39 is 9.84 Å². The van der Waals surface area contributed by atoms with Crippen LogP contribution in [0, 0.1) is 5.92 Å². The summed E-state index contributed by atoms with van der Waals surface area (Å²) in [4.78, 5) is 0. The molecule has 0 aliphatic carbocycles. The van der Waals surface area contributed by atoms with Crippen LogP contribution in [0.1, 0.15) is 25.5 Å². The zero-order valence-electron chi connectivity index (χ0n) is 11.0. The summed E-state index contributed by atoms with van der Waals surface area (Å²) in [6.45, 7) is 4.71. The Labute approximate surface area is 118 Å². The average molecular weight is 334 g/mol. The van der Waals surface area contributed by atoms with Gasteiger partial charge in [-0.1, -0.05) is 41.1 Å². The van der Waals surface area contributed by atoms with Crippen molar-refractivity contribution >= 4 is 25.8 Å². The molecule has 0 unspecified atom stereocenters. The second-order valence-electron chi connectivity index (χ2n) is 4.85. The maximum absolute atomic E-state index is 11.2. The summed E-state index contributed by atoms with van der Waals surface area (Å²) in [6.07, 6.45) is 1.28. The second kappa shape index (κ2) is 6.68. The van der Waals surface area contributed by atoms with Crippen molar-refractivity contribution in [3.8, 4) is 0 Å². The summed E-state index contributed by atoms with van der Waals surface area (Å²) in [5.41, 5.74) is 1.18. The number of halogens is 1. The maximum atomic E-state index is 11.2. The maximum Gasteiger partial charge on any atom is 0.147 e. The van der Waals surface area contributed by atoms with Crippen molar-refractivity contribution in [1.82, 2.24) is 5.32 Å². The van der Waals surface area contributed by atoms with Crippen LogP contribution in [0.2, 0.25) is 0 Å². The van der Waals surface area contributed by atoms with E-state index in [0.717, 1.165) is 4.47 Å². The molecule has 0 bridgehead atoms. The van der Waals surface area contributed by atoms with Crippen LogP contribution in [0.5, 0.6) is 0 Å². The highest BCUT2D eigenvalue weighted by Gasteiger charge is 2.13. The van der Waals surface area contributed by atoms with Gasteiger partial charge in [0.15, 0.2) is 0 Å². The lowest BCUT2D eigenvalue weighted by Gasteiger charge is -2.18. The van der Waals surface area contributed by atoms with Gasteiger partial charge in [0, 0.05) is 16.8 Å². The average Bonchev–Trinajstić information content (AvgIpc) is 2.24. The third kappa shape index (κ3) is 5.50. The molecule has 0 saturated carbocycles. The highest BCUT2D eigenvalue weighted by atomic mass is 79.9. The molecule has 1 aromatic carbocycles. The Bertz CT molecular complexity index is 488. The summed E-state index contributed by atoms with van der Waals surface area (Å²) in [6, 6.07) is 8.24. The van der Waals surface area contributed by atoms with Crippen molar-refractivity contribution in [2.45, 2.75) is 19.9 Å². The van der Waals surface area contributed by atoms with Crippen molar-refractivity contribution in [2.24, 2.45) is 5.92 Å². The fourth-order valence-electron chi connectivity index (χ4n) is 1.89. The zero-order valence-corrected chi connectivity index (χ0v) is 13.4. The van der Waals surface area contributed by atoms with Crippen molar-refractivity contribution in [1.29, 1.82) is 0 Å². The molecule has 1 aromatic rings. The van der Waals surface area contributed by atoms with Gasteiger partial charge in [0.05, 0.1) is 5.75 Å². The molecule has 1 rings (SSSR count). The van der Waals surface area contributed by atoms with E-state index in [1.165, 1.54) is 11.8 Å². The monoisotopic (exact) mass is 333 g/mol. The van der Waals surface area contributed by atoms with Gasteiger partial charge in [0.2, 0.25) is 0 Å². The Morgan fingerprint density at radius 3 is 2.44 bits per heavy atom. The molecule has 0 fully saturated rings. The molecule has 1 N–H and O–H groups in total. The molecule has 0 spiro atoms. The summed E-state index contributed by atoms with van der Waals surface area (Å²) in [7, 11) is -2.89. The molecule has 0 aliphatic rings. The van der Waals surface area contributed by atoms with E-state index >= 15 is 0 Å². The highest BCUT2D eigenvalue weighted by Crippen LogP contribution is 2.22. The molecule has 2 atom stereocenters. The summed E-state index contributed by atoms with van der Waals surface area (Å²) < 4.78 is 23.4. The van der Waals surface area contributed by atoms with E-state index in [-0.39, 0.29) is 17.7 Å². The smallest absolute Gasteiger partial charge is 0.147 e. The van der Waals surface area contributed by atoms with Gasteiger partial charge < -0.3 is 5.32 Å². The Balaban J connectivity index is 2.52. The fraction of sp³-hybridized carbons (Fsp3) is 0.538. The Kier molecular flexibility index (Phi) is 5.82. The van der Waals surface area contributed by atoms with E-state index in [4.69, 9.17) is 0 Å². The molecule has 3 nitrogen and oxygen atoms in total. The number of nitrogens with one attached hydrogen (secondary N) is 1. The Morgan fingerprint density at radius 1 is 1.28 bits per heavy atom. The normalized spacial score (nSPS) is 15.3. The Morgan fingerprint density at radius 2 is 1.89 bits per heavy atom. The van der Waals surface area contributed by atoms with Gasteiger partial charge in [-0.05, 0) is 31.0 Å². The van der Waals surface area contributed by atoms with E-state index in [0.29, 0.717) is 6.54 Å². The number of hydrogen-bond donors (Lipinski definition) is 1. The van der Waals surface area contributed by atoms with Crippen molar-refractivity contribution in [3.05, 3.63) is 34.3 Å². The van der Waals surface area contributed by atoms with Crippen LogP contribution in [0.25, 0.3) is 0 Å². The lowest BCUT2D eigenvalue weighted by molar-refractivity contribution is 0.491. The van der Waals surface area contributed by atoms with E-state index in [9.17, 15) is 8.42 Å². The van der Waals surface area contributed by atoms with E-state index in [1.807, 2.05) is 25.1 Å². The second-order valence-corrected chi connectivity index (χ2v) is 7.89. The van der Waals surface area contributed by atoms with Crippen LogP contribution in [0.4, 0.5) is 0 Å². The minimum Gasteiger partial charge on any atom is -0.310 e. The van der Waals surface area contributed by atoms with Gasteiger partial charge in [-0.25, -0.2) is 8.42 Å². The lowest BCUT2D eigenvalue weighted by Crippen LogP contribution is -2.28. The molecular formula is C13H20BrNO2S. The van der Waals surface area contributed by atoms with E-state index in [1.54, 1.807) is 0 Å². The fourth-order valence-corrected chi connectivity index (χ4v) is 3.67. The molecule has 0 aromatic heterocycles. The first-order valence-electron chi connectivity index (χ1n) is 5.95. The third-order valence-electron chi connectivity index (χ3n) is 2.73. The van der Waals surface area contributed by atoms with Crippen molar-refractivity contribution in [2.75, 3.05) is 18.6 Å². The topological polar surface area (TPSA) is 46.2 Å². The minimum atomic E-state index is -2.89. The number of rotatable bonds is 6. The van der Waals surface area contributed by atoms with Crippen LogP contribution < -0.4 is 5.32 Å². The zero-order chi connectivity index (χ0) is 13.8. The molecule has 0 saturated heterocycles. The summed E-state index contributed by atoms with van der Waals surface area (Å²) in [5, 5.41) is 3.37. The standard InChI is InChI=1S/C13H20BrNO2S/c1-10(9-18(3,16)17)8-15-11(2)12-6-4-5-7-13(12)14/h4-7,10-11,15H,8-9H2,1-3H3/t10-,11+/m1/s1. The number of sulfone groups is 1. The molecule has 0 heterocycles. The first-order valence-corrected chi connectivity index (χ1v) is 8.80. The van der Waals surface area contributed by atoms with Crippen LogP contribution in [0.15, 0.2) is 28.7 Å². The first kappa shape index (κ1) is 15.7.